The molecule has 0 unspecified atom stereocenters. The number of halogens is 1. The van der Waals surface area contributed by atoms with Crippen LogP contribution < -0.4 is 15.4 Å². The first kappa shape index (κ1) is 19.1. The normalized spacial score (nSPS) is 11.8. The molecule has 0 aliphatic rings. The Hall–Kier alpha value is -2.18. The molecule has 0 saturated heterocycles. The van der Waals surface area contributed by atoms with Crippen molar-refractivity contribution in [2.75, 3.05) is 19.7 Å². The summed E-state index contributed by atoms with van der Waals surface area (Å²) in [6.45, 7) is 2.61. The van der Waals surface area contributed by atoms with E-state index in [0.29, 0.717) is 17.3 Å². The minimum absolute atomic E-state index is 0.0880. The fraction of sp³-hybridized carbons (Fsp3) is 0.389. The number of benzene rings is 1. The van der Waals surface area contributed by atoms with Gasteiger partial charge in [-0.15, -0.1) is 0 Å². The molecule has 3 N–H and O–H groups in total. The molecule has 0 aliphatic carbocycles. The molecule has 0 fully saturated rings. The summed E-state index contributed by atoms with van der Waals surface area (Å²) in [6.07, 6.45) is 1.92. The van der Waals surface area contributed by atoms with Crippen LogP contribution >= 0.6 is 11.6 Å². The zero-order chi connectivity index (χ0) is 18.2. The van der Waals surface area contributed by atoms with E-state index in [1.54, 1.807) is 18.2 Å². The highest BCUT2D eigenvalue weighted by Crippen LogP contribution is 2.21. The third-order valence-electron chi connectivity index (χ3n) is 3.79. The second kappa shape index (κ2) is 9.34. The van der Waals surface area contributed by atoms with Crippen LogP contribution in [-0.4, -0.2) is 41.5 Å². The van der Waals surface area contributed by atoms with Crippen molar-refractivity contribution in [3.8, 4) is 5.75 Å². The average molecular weight is 366 g/mol. The van der Waals surface area contributed by atoms with Gasteiger partial charge in [0, 0.05) is 43.5 Å². The second-order valence-electron chi connectivity index (χ2n) is 5.87. The molecule has 0 saturated carbocycles. The summed E-state index contributed by atoms with van der Waals surface area (Å²) in [7, 11) is 1.97. The van der Waals surface area contributed by atoms with Gasteiger partial charge in [0.25, 0.3) is 0 Å². The lowest BCUT2D eigenvalue weighted by Gasteiger charge is -2.14. The molecule has 6 nitrogen and oxygen atoms in total. The van der Waals surface area contributed by atoms with Gasteiger partial charge in [-0.25, -0.2) is 4.79 Å². The fourth-order valence-corrected chi connectivity index (χ4v) is 2.41. The zero-order valence-corrected chi connectivity index (χ0v) is 15.2. The van der Waals surface area contributed by atoms with Crippen molar-refractivity contribution in [2.24, 2.45) is 7.05 Å². The Morgan fingerprint density at radius 1 is 1.36 bits per heavy atom. The highest BCUT2D eigenvalue weighted by atomic mass is 35.5. The Morgan fingerprint density at radius 3 is 2.84 bits per heavy atom. The number of aromatic nitrogens is 1. The van der Waals surface area contributed by atoms with E-state index in [4.69, 9.17) is 16.3 Å². The van der Waals surface area contributed by atoms with Crippen LogP contribution in [0, 0.1) is 6.92 Å². The lowest BCUT2D eigenvalue weighted by molar-refractivity contribution is 0.108. The number of aliphatic hydroxyl groups excluding tert-OH is 1. The monoisotopic (exact) mass is 365 g/mol. The van der Waals surface area contributed by atoms with Crippen molar-refractivity contribution in [1.29, 1.82) is 0 Å². The standard InChI is InChI=1S/C18H24ClN3O3/c1-13-10-16(5-6-17(13)19)25-12-15(23)11-21-18(24)20-8-7-14-4-3-9-22(14)2/h3-6,9-10,15,23H,7-8,11-12H2,1-2H3,(H2,20,21,24)/t15-/m1/s1. The number of rotatable bonds is 8. The molecule has 0 radical (unpaired) electrons. The smallest absolute Gasteiger partial charge is 0.314 e. The maximum Gasteiger partial charge on any atom is 0.314 e. The molecular formula is C18H24ClN3O3. The van der Waals surface area contributed by atoms with Crippen molar-refractivity contribution in [3.05, 3.63) is 52.8 Å². The van der Waals surface area contributed by atoms with Crippen molar-refractivity contribution in [3.63, 3.8) is 0 Å². The Morgan fingerprint density at radius 2 is 2.16 bits per heavy atom. The summed E-state index contributed by atoms with van der Waals surface area (Å²) < 4.78 is 7.51. The van der Waals surface area contributed by atoms with Gasteiger partial charge >= 0.3 is 6.03 Å². The van der Waals surface area contributed by atoms with Crippen LogP contribution in [0.25, 0.3) is 0 Å². The van der Waals surface area contributed by atoms with Crippen LogP contribution in [0.1, 0.15) is 11.3 Å². The van der Waals surface area contributed by atoms with Gasteiger partial charge in [-0.05, 0) is 42.8 Å². The van der Waals surface area contributed by atoms with E-state index < -0.39 is 6.10 Å². The van der Waals surface area contributed by atoms with Crippen molar-refractivity contribution in [2.45, 2.75) is 19.4 Å². The van der Waals surface area contributed by atoms with Gasteiger partial charge in [0.15, 0.2) is 0 Å². The zero-order valence-electron chi connectivity index (χ0n) is 14.5. The minimum atomic E-state index is -0.797. The summed E-state index contributed by atoms with van der Waals surface area (Å²) in [5, 5.41) is 16.0. The van der Waals surface area contributed by atoms with Crippen LogP contribution in [0.15, 0.2) is 36.5 Å². The van der Waals surface area contributed by atoms with E-state index in [1.165, 1.54) is 0 Å². The molecule has 1 heterocycles. The molecule has 1 aromatic carbocycles. The van der Waals surface area contributed by atoms with Gasteiger partial charge in [0.05, 0.1) is 0 Å². The molecule has 1 aromatic heterocycles. The van der Waals surface area contributed by atoms with Crippen LogP contribution in [0.3, 0.4) is 0 Å². The summed E-state index contributed by atoms with van der Waals surface area (Å²) >= 11 is 5.95. The Balaban J connectivity index is 1.62. The number of amides is 2. The van der Waals surface area contributed by atoms with Gasteiger partial charge in [-0.1, -0.05) is 11.6 Å². The first-order chi connectivity index (χ1) is 12.0. The number of carbonyl (C=O) groups is 1. The van der Waals surface area contributed by atoms with E-state index in [2.05, 4.69) is 10.6 Å². The Labute approximate surface area is 152 Å². The molecule has 1 atom stereocenters. The fourth-order valence-electron chi connectivity index (χ4n) is 2.29. The topological polar surface area (TPSA) is 75.5 Å². The van der Waals surface area contributed by atoms with Crippen molar-refractivity contribution in [1.82, 2.24) is 15.2 Å². The number of ether oxygens (including phenoxy) is 1. The highest BCUT2D eigenvalue weighted by Gasteiger charge is 2.08. The second-order valence-corrected chi connectivity index (χ2v) is 6.28. The number of urea groups is 1. The molecule has 136 valence electrons. The Bertz CT molecular complexity index is 703. The number of hydrogen-bond acceptors (Lipinski definition) is 3. The highest BCUT2D eigenvalue weighted by molar-refractivity contribution is 6.31. The molecule has 7 heteroatoms. The molecule has 2 amide bonds. The molecule has 0 bridgehead atoms. The van der Waals surface area contributed by atoms with Gasteiger partial charge in [0.1, 0.15) is 18.5 Å². The SMILES string of the molecule is Cc1cc(OC[C@H](O)CNC(=O)NCCc2cccn2C)ccc1Cl. The van der Waals surface area contributed by atoms with E-state index in [0.717, 1.165) is 17.7 Å². The quantitative estimate of drug-likeness (QED) is 0.671. The third-order valence-corrected chi connectivity index (χ3v) is 4.21. The number of carbonyl (C=O) groups excluding carboxylic acids is 1. The number of nitrogens with one attached hydrogen (secondary N) is 2. The van der Waals surface area contributed by atoms with Crippen molar-refractivity contribution >= 4 is 17.6 Å². The Kier molecular flexibility index (Phi) is 7.16. The predicted octanol–water partition coefficient (Wildman–Crippen LogP) is 2.27. The number of aryl methyl sites for hydroxylation is 2. The van der Waals surface area contributed by atoms with E-state index in [1.807, 2.05) is 36.9 Å². The molecule has 0 aliphatic heterocycles. The maximum atomic E-state index is 11.7. The first-order valence-corrected chi connectivity index (χ1v) is 8.52. The van der Waals surface area contributed by atoms with Gasteiger partial charge in [0.2, 0.25) is 0 Å². The van der Waals surface area contributed by atoms with Crippen LogP contribution in [-0.2, 0) is 13.5 Å². The maximum absolute atomic E-state index is 11.7. The summed E-state index contributed by atoms with van der Waals surface area (Å²) in [6, 6.07) is 8.96. The lowest BCUT2D eigenvalue weighted by atomic mass is 10.2. The van der Waals surface area contributed by atoms with Crippen molar-refractivity contribution < 1.29 is 14.6 Å². The van der Waals surface area contributed by atoms with Gasteiger partial charge in [-0.3, -0.25) is 0 Å². The van der Waals surface area contributed by atoms with E-state index in [-0.39, 0.29) is 19.2 Å². The summed E-state index contributed by atoms with van der Waals surface area (Å²) in [5.41, 5.74) is 2.05. The van der Waals surface area contributed by atoms with E-state index in [9.17, 15) is 9.90 Å². The van der Waals surface area contributed by atoms with Crippen LogP contribution in [0.5, 0.6) is 5.75 Å². The average Bonchev–Trinajstić information content (AvgIpc) is 2.99. The summed E-state index contributed by atoms with van der Waals surface area (Å²) in [5.74, 6) is 0.632. The number of aliphatic hydroxyl groups is 1. The predicted molar refractivity (Wildman–Crippen MR) is 98.2 cm³/mol. The number of hydrogen-bond donors (Lipinski definition) is 3. The molecule has 0 spiro atoms. The molecule has 25 heavy (non-hydrogen) atoms. The van der Waals surface area contributed by atoms with Gasteiger partial charge < -0.3 is 25.0 Å². The first-order valence-electron chi connectivity index (χ1n) is 8.14. The van der Waals surface area contributed by atoms with Crippen LogP contribution in [0.4, 0.5) is 4.79 Å². The largest absolute Gasteiger partial charge is 0.491 e. The molecular weight excluding hydrogens is 342 g/mol. The third kappa shape index (κ3) is 6.32. The molecule has 2 rings (SSSR count). The molecule has 2 aromatic rings. The summed E-state index contributed by atoms with van der Waals surface area (Å²) in [4.78, 5) is 11.7. The number of nitrogens with zero attached hydrogens (tertiary/aromatic N) is 1. The lowest BCUT2D eigenvalue weighted by Crippen LogP contribution is -2.42. The van der Waals surface area contributed by atoms with Gasteiger partial charge in [-0.2, -0.15) is 0 Å². The minimum Gasteiger partial charge on any atom is -0.491 e. The van der Waals surface area contributed by atoms with Crippen LogP contribution in [0.2, 0.25) is 5.02 Å². The van der Waals surface area contributed by atoms with E-state index >= 15 is 0 Å².